The highest BCUT2D eigenvalue weighted by molar-refractivity contribution is 6.05. The highest BCUT2D eigenvalue weighted by Crippen LogP contribution is 2.22. The first-order valence-corrected chi connectivity index (χ1v) is 7.11. The average molecular weight is 316 g/mol. The van der Waals surface area contributed by atoms with Crippen LogP contribution in [-0.2, 0) is 4.79 Å². The van der Waals surface area contributed by atoms with Crippen LogP contribution in [0.2, 0.25) is 0 Å². The summed E-state index contributed by atoms with van der Waals surface area (Å²) in [5, 5.41) is 5.20. The Morgan fingerprint density at radius 1 is 1.09 bits per heavy atom. The smallest absolute Gasteiger partial charge is 0.255 e. The van der Waals surface area contributed by atoms with Gasteiger partial charge in [-0.05, 0) is 37.3 Å². The van der Waals surface area contributed by atoms with Crippen LogP contribution in [0.25, 0.3) is 0 Å². The summed E-state index contributed by atoms with van der Waals surface area (Å²) in [6, 6.07) is 10.7. The van der Waals surface area contributed by atoms with Gasteiger partial charge >= 0.3 is 0 Å². The number of hydrogen-bond donors (Lipinski definition) is 2. The summed E-state index contributed by atoms with van der Waals surface area (Å²) in [7, 11) is 0. The topological polar surface area (TPSA) is 67.4 Å². The molecule has 5 nitrogen and oxygen atoms in total. The second-order valence-electron chi connectivity index (χ2n) is 4.79. The maximum Gasteiger partial charge on any atom is 0.255 e. The van der Waals surface area contributed by atoms with E-state index in [2.05, 4.69) is 10.6 Å². The van der Waals surface area contributed by atoms with Crippen molar-refractivity contribution >= 4 is 23.2 Å². The summed E-state index contributed by atoms with van der Waals surface area (Å²) < 4.78 is 18.9. The van der Waals surface area contributed by atoms with Crippen LogP contribution >= 0.6 is 0 Å². The molecule has 0 aliphatic heterocycles. The number of carbonyl (C=O) groups excluding carboxylic acids is 2. The second kappa shape index (κ2) is 7.40. The van der Waals surface area contributed by atoms with Gasteiger partial charge in [-0.2, -0.15) is 0 Å². The number of halogens is 1. The molecule has 120 valence electrons. The van der Waals surface area contributed by atoms with E-state index in [0.29, 0.717) is 23.5 Å². The Labute approximate surface area is 133 Å². The molecule has 0 unspecified atom stereocenters. The molecular formula is C17H17FN2O3. The van der Waals surface area contributed by atoms with Crippen LogP contribution in [0.1, 0.15) is 24.2 Å². The maximum absolute atomic E-state index is 13.8. The normalized spacial score (nSPS) is 10.0. The second-order valence-corrected chi connectivity index (χ2v) is 4.79. The number of rotatable bonds is 5. The predicted molar refractivity (Wildman–Crippen MR) is 86.3 cm³/mol. The summed E-state index contributed by atoms with van der Waals surface area (Å²) in [5.41, 5.74) is 1.19. The van der Waals surface area contributed by atoms with Crippen LogP contribution in [0.3, 0.4) is 0 Å². The third-order valence-corrected chi connectivity index (χ3v) is 2.93. The van der Waals surface area contributed by atoms with Gasteiger partial charge in [0, 0.05) is 29.9 Å². The molecule has 0 saturated heterocycles. The van der Waals surface area contributed by atoms with E-state index in [1.807, 2.05) is 0 Å². The summed E-state index contributed by atoms with van der Waals surface area (Å²) in [4.78, 5) is 23.2. The number of carbonyl (C=O) groups is 2. The van der Waals surface area contributed by atoms with Crippen LogP contribution in [0.15, 0.2) is 42.5 Å². The molecule has 0 fully saturated rings. The van der Waals surface area contributed by atoms with E-state index in [1.54, 1.807) is 37.3 Å². The Hall–Kier alpha value is -2.89. The molecule has 0 radical (unpaired) electrons. The molecule has 2 aromatic rings. The largest absolute Gasteiger partial charge is 0.491 e. The first-order valence-electron chi connectivity index (χ1n) is 7.11. The molecule has 2 aromatic carbocycles. The van der Waals surface area contributed by atoms with Crippen molar-refractivity contribution in [3.63, 3.8) is 0 Å². The summed E-state index contributed by atoms with van der Waals surface area (Å²) in [6.07, 6.45) is 0. The molecule has 2 rings (SSSR count). The minimum absolute atomic E-state index is 0.137. The standard InChI is InChI=1S/C17H17FN2O3/c1-3-23-16-8-7-14(10-15(16)18)20-17(22)12-5-4-6-13(9-12)19-11(2)21/h4-10H,3H2,1-2H3,(H,19,21)(H,20,22). The number of anilines is 2. The maximum atomic E-state index is 13.8. The highest BCUT2D eigenvalue weighted by Gasteiger charge is 2.10. The number of ether oxygens (including phenoxy) is 1. The molecule has 0 atom stereocenters. The zero-order chi connectivity index (χ0) is 16.8. The van der Waals surface area contributed by atoms with Gasteiger partial charge in [0.15, 0.2) is 11.6 Å². The number of amides is 2. The van der Waals surface area contributed by atoms with Gasteiger partial charge in [-0.25, -0.2) is 4.39 Å². The minimum Gasteiger partial charge on any atom is -0.491 e. The fraction of sp³-hybridized carbons (Fsp3) is 0.176. The molecule has 0 aliphatic carbocycles. The van der Waals surface area contributed by atoms with Gasteiger partial charge < -0.3 is 15.4 Å². The molecule has 0 aromatic heterocycles. The lowest BCUT2D eigenvalue weighted by atomic mass is 10.1. The fourth-order valence-corrected chi connectivity index (χ4v) is 2.00. The van der Waals surface area contributed by atoms with Crippen LogP contribution in [-0.4, -0.2) is 18.4 Å². The minimum atomic E-state index is -0.545. The van der Waals surface area contributed by atoms with E-state index in [9.17, 15) is 14.0 Å². The van der Waals surface area contributed by atoms with E-state index in [4.69, 9.17) is 4.74 Å². The Balaban J connectivity index is 2.12. The Kier molecular flexibility index (Phi) is 5.30. The van der Waals surface area contributed by atoms with Crippen LogP contribution in [0, 0.1) is 5.82 Å². The molecule has 0 saturated carbocycles. The lowest BCUT2D eigenvalue weighted by Gasteiger charge is -2.09. The summed E-state index contributed by atoms with van der Waals surface area (Å²) in [6.45, 7) is 3.51. The lowest BCUT2D eigenvalue weighted by molar-refractivity contribution is -0.114. The van der Waals surface area contributed by atoms with E-state index >= 15 is 0 Å². The van der Waals surface area contributed by atoms with Gasteiger partial charge in [0.25, 0.3) is 5.91 Å². The van der Waals surface area contributed by atoms with E-state index in [0.717, 1.165) is 0 Å². The third kappa shape index (κ3) is 4.54. The van der Waals surface area contributed by atoms with Gasteiger partial charge in [-0.15, -0.1) is 0 Å². The van der Waals surface area contributed by atoms with Crippen molar-refractivity contribution in [1.29, 1.82) is 0 Å². The molecule has 0 bridgehead atoms. The summed E-state index contributed by atoms with van der Waals surface area (Å²) >= 11 is 0. The molecule has 2 N–H and O–H groups in total. The summed E-state index contributed by atoms with van der Waals surface area (Å²) in [5.74, 6) is -1.04. The van der Waals surface area contributed by atoms with Crippen molar-refractivity contribution in [2.45, 2.75) is 13.8 Å². The monoisotopic (exact) mass is 316 g/mol. The van der Waals surface area contributed by atoms with Gasteiger partial charge in [0.1, 0.15) is 0 Å². The zero-order valence-corrected chi connectivity index (χ0v) is 12.9. The van der Waals surface area contributed by atoms with Gasteiger partial charge in [0.2, 0.25) is 5.91 Å². The zero-order valence-electron chi connectivity index (χ0n) is 12.9. The quantitative estimate of drug-likeness (QED) is 0.888. The molecule has 0 heterocycles. The van der Waals surface area contributed by atoms with Crippen LogP contribution < -0.4 is 15.4 Å². The van der Waals surface area contributed by atoms with Gasteiger partial charge in [0.05, 0.1) is 6.61 Å². The number of nitrogens with one attached hydrogen (secondary N) is 2. The first-order chi connectivity index (χ1) is 11.0. The van der Waals surface area contributed by atoms with E-state index in [-0.39, 0.29) is 11.7 Å². The van der Waals surface area contributed by atoms with Crippen LogP contribution in [0.4, 0.5) is 15.8 Å². The molecule has 0 aliphatic rings. The van der Waals surface area contributed by atoms with Crippen molar-refractivity contribution in [2.24, 2.45) is 0 Å². The third-order valence-electron chi connectivity index (χ3n) is 2.93. The molecule has 6 heteroatoms. The lowest BCUT2D eigenvalue weighted by Crippen LogP contribution is -2.13. The van der Waals surface area contributed by atoms with Crippen molar-refractivity contribution in [2.75, 3.05) is 17.2 Å². The van der Waals surface area contributed by atoms with Crippen LogP contribution in [0.5, 0.6) is 5.75 Å². The molecular weight excluding hydrogens is 299 g/mol. The van der Waals surface area contributed by atoms with Gasteiger partial charge in [-0.1, -0.05) is 6.07 Å². The van der Waals surface area contributed by atoms with Crippen molar-refractivity contribution in [3.05, 3.63) is 53.8 Å². The highest BCUT2D eigenvalue weighted by atomic mass is 19.1. The molecule has 23 heavy (non-hydrogen) atoms. The number of hydrogen-bond acceptors (Lipinski definition) is 3. The predicted octanol–water partition coefficient (Wildman–Crippen LogP) is 3.44. The Morgan fingerprint density at radius 3 is 2.48 bits per heavy atom. The van der Waals surface area contributed by atoms with E-state index < -0.39 is 11.7 Å². The SMILES string of the molecule is CCOc1ccc(NC(=O)c2cccc(NC(C)=O)c2)cc1F. The molecule has 2 amide bonds. The van der Waals surface area contributed by atoms with Crippen molar-refractivity contribution in [3.8, 4) is 5.75 Å². The van der Waals surface area contributed by atoms with Gasteiger partial charge in [-0.3, -0.25) is 9.59 Å². The van der Waals surface area contributed by atoms with E-state index in [1.165, 1.54) is 19.1 Å². The van der Waals surface area contributed by atoms with Crippen molar-refractivity contribution in [1.82, 2.24) is 0 Å². The first kappa shape index (κ1) is 16.5. The van der Waals surface area contributed by atoms with Crippen molar-refractivity contribution < 1.29 is 18.7 Å². The fourth-order valence-electron chi connectivity index (χ4n) is 2.00. The number of benzene rings is 2. The molecule has 0 spiro atoms. The Bertz CT molecular complexity index is 732. The average Bonchev–Trinajstić information content (AvgIpc) is 2.50. The Morgan fingerprint density at radius 2 is 1.83 bits per heavy atom.